The van der Waals surface area contributed by atoms with E-state index in [1.54, 1.807) is 0 Å². The van der Waals surface area contributed by atoms with Gasteiger partial charge in [0.05, 0.1) is 0 Å². The molecular weight excluding hydrogens is 396 g/mol. The number of rotatable bonds is 14. The van der Waals surface area contributed by atoms with E-state index in [0.29, 0.717) is 17.3 Å². The van der Waals surface area contributed by atoms with Crippen molar-refractivity contribution >= 4 is 0 Å². The fourth-order valence-electron chi connectivity index (χ4n) is 5.54. The molecule has 0 nitrogen and oxygen atoms in total. The van der Waals surface area contributed by atoms with Gasteiger partial charge in [-0.05, 0) is 85.4 Å². The van der Waals surface area contributed by atoms with Crippen LogP contribution in [-0.2, 0) is 0 Å². The molecule has 0 N–H and O–H groups in total. The van der Waals surface area contributed by atoms with Crippen molar-refractivity contribution in [1.29, 1.82) is 0 Å². The van der Waals surface area contributed by atoms with Gasteiger partial charge in [0.2, 0.25) is 0 Å². The Kier molecular flexibility index (Phi) is 12.2. The maximum absolute atomic E-state index is 4.47. The third kappa shape index (κ3) is 9.41. The van der Waals surface area contributed by atoms with Gasteiger partial charge in [0.15, 0.2) is 0 Å². The summed E-state index contributed by atoms with van der Waals surface area (Å²) in [6, 6.07) is 0. The van der Waals surface area contributed by atoms with E-state index in [2.05, 4.69) is 101 Å². The lowest BCUT2D eigenvalue weighted by atomic mass is 9.59. The molecule has 0 aromatic heterocycles. The molecule has 1 fully saturated rings. The maximum Gasteiger partial charge on any atom is 0.00303 e. The normalized spacial score (nSPS) is 26.7. The smallest absolute Gasteiger partial charge is 0.00303 e. The second-order valence-corrected chi connectivity index (χ2v) is 13.4. The first-order valence-corrected chi connectivity index (χ1v) is 14.2. The summed E-state index contributed by atoms with van der Waals surface area (Å²) in [5.41, 5.74) is 1.92. The SMILES string of the molecule is C=C[C@@](C)(/C=C/[C@H](C)CC[C@@H](C)[C@@H](C)CC[C@@H](C)C(C)C)CC[C@H]1C(=C)CC[C@H](C)C1(C)C. The fraction of sp³-hybridized carbons (Fsp3) is 0.818. The van der Waals surface area contributed by atoms with Gasteiger partial charge < -0.3 is 0 Å². The van der Waals surface area contributed by atoms with Crippen molar-refractivity contribution in [2.24, 2.45) is 52.3 Å². The van der Waals surface area contributed by atoms with Gasteiger partial charge in [0.1, 0.15) is 0 Å². The highest BCUT2D eigenvalue weighted by molar-refractivity contribution is 5.13. The summed E-state index contributed by atoms with van der Waals surface area (Å²) in [4.78, 5) is 0. The molecule has 0 bridgehead atoms. The summed E-state index contributed by atoms with van der Waals surface area (Å²) >= 11 is 0. The predicted molar refractivity (Wildman–Crippen MR) is 151 cm³/mol. The summed E-state index contributed by atoms with van der Waals surface area (Å²) in [5.74, 6) is 5.33. The Morgan fingerprint density at radius 1 is 0.970 bits per heavy atom. The van der Waals surface area contributed by atoms with Crippen LogP contribution in [0.3, 0.4) is 0 Å². The Hall–Kier alpha value is -0.780. The summed E-state index contributed by atoms with van der Waals surface area (Å²) in [7, 11) is 0. The van der Waals surface area contributed by atoms with Crippen LogP contribution in [0.1, 0.15) is 121 Å². The third-order valence-electron chi connectivity index (χ3n) is 10.1. The molecule has 1 aliphatic rings. The van der Waals surface area contributed by atoms with Gasteiger partial charge in [-0.15, -0.1) is 6.58 Å². The first kappa shape index (κ1) is 30.3. The highest BCUT2D eigenvalue weighted by Crippen LogP contribution is 2.50. The van der Waals surface area contributed by atoms with Crippen LogP contribution < -0.4 is 0 Å². The summed E-state index contributed by atoms with van der Waals surface area (Å²) < 4.78 is 0. The van der Waals surface area contributed by atoms with Crippen LogP contribution in [0.15, 0.2) is 37.0 Å². The first-order chi connectivity index (χ1) is 15.2. The van der Waals surface area contributed by atoms with Crippen molar-refractivity contribution < 1.29 is 0 Å². The quantitative estimate of drug-likeness (QED) is 0.228. The Bertz CT molecular complexity index is 620. The Balaban J connectivity index is 2.56. The molecule has 33 heavy (non-hydrogen) atoms. The highest BCUT2D eigenvalue weighted by Gasteiger charge is 2.40. The van der Waals surface area contributed by atoms with Crippen LogP contribution in [0.2, 0.25) is 0 Å². The largest absolute Gasteiger partial charge is 0.102 e. The van der Waals surface area contributed by atoms with Crippen LogP contribution in [0.4, 0.5) is 0 Å². The molecule has 1 saturated carbocycles. The Labute approximate surface area is 209 Å². The van der Waals surface area contributed by atoms with E-state index in [1.807, 2.05) is 0 Å². The van der Waals surface area contributed by atoms with Gasteiger partial charge in [-0.1, -0.05) is 112 Å². The van der Waals surface area contributed by atoms with Crippen LogP contribution in [0, 0.1) is 52.3 Å². The van der Waals surface area contributed by atoms with Crippen molar-refractivity contribution in [1.82, 2.24) is 0 Å². The molecular formula is C33H60. The molecule has 0 saturated heterocycles. The number of hydrogen-bond donors (Lipinski definition) is 0. The summed E-state index contributed by atoms with van der Waals surface area (Å²) in [6.07, 6.45) is 17.4. The summed E-state index contributed by atoms with van der Waals surface area (Å²) in [6.45, 7) is 32.9. The fourth-order valence-corrected chi connectivity index (χ4v) is 5.54. The number of allylic oxidation sites excluding steroid dienone is 4. The Morgan fingerprint density at radius 2 is 1.52 bits per heavy atom. The molecule has 0 aliphatic heterocycles. The van der Waals surface area contributed by atoms with Gasteiger partial charge in [-0.3, -0.25) is 0 Å². The lowest BCUT2D eigenvalue weighted by Gasteiger charge is -2.46. The van der Waals surface area contributed by atoms with Gasteiger partial charge in [-0.25, -0.2) is 0 Å². The number of hydrogen-bond acceptors (Lipinski definition) is 0. The molecule has 0 spiro atoms. The van der Waals surface area contributed by atoms with Crippen LogP contribution in [0.25, 0.3) is 0 Å². The van der Waals surface area contributed by atoms with Gasteiger partial charge >= 0.3 is 0 Å². The zero-order chi connectivity index (χ0) is 25.4. The van der Waals surface area contributed by atoms with Crippen molar-refractivity contribution in [2.75, 3.05) is 0 Å². The molecule has 0 heteroatoms. The minimum absolute atomic E-state index is 0.0806. The minimum Gasteiger partial charge on any atom is -0.102 e. The van der Waals surface area contributed by atoms with E-state index in [-0.39, 0.29) is 5.41 Å². The van der Waals surface area contributed by atoms with Gasteiger partial charge in [0.25, 0.3) is 0 Å². The average Bonchev–Trinajstić information content (AvgIpc) is 2.76. The van der Waals surface area contributed by atoms with Crippen molar-refractivity contribution in [2.45, 2.75) is 121 Å². The molecule has 1 aliphatic carbocycles. The van der Waals surface area contributed by atoms with Crippen LogP contribution >= 0.6 is 0 Å². The van der Waals surface area contributed by atoms with Crippen molar-refractivity contribution in [3.63, 3.8) is 0 Å². The zero-order valence-electron chi connectivity index (χ0n) is 24.3. The lowest BCUT2D eigenvalue weighted by Crippen LogP contribution is -2.36. The van der Waals surface area contributed by atoms with E-state index in [1.165, 1.54) is 56.9 Å². The predicted octanol–water partition coefficient (Wildman–Crippen LogP) is 10.9. The van der Waals surface area contributed by atoms with E-state index in [0.717, 1.165) is 29.6 Å². The second kappa shape index (κ2) is 13.3. The zero-order valence-corrected chi connectivity index (χ0v) is 24.3. The van der Waals surface area contributed by atoms with E-state index in [9.17, 15) is 0 Å². The second-order valence-electron chi connectivity index (χ2n) is 13.4. The molecule has 0 amide bonds. The third-order valence-corrected chi connectivity index (χ3v) is 10.1. The molecule has 0 radical (unpaired) electrons. The van der Waals surface area contributed by atoms with Crippen LogP contribution in [-0.4, -0.2) is 0 Å². The maximum atomic E-state index is 4.47. The van der Waals surface area contributed by atoms with Gasteiger partial charge in [0, 0.05) is 5.41 Å². The standard InChI is InChI=1S/C33H60/c1-13-33(12,23-21-31-29(8)18-19-30(9)32(31,10)11)22-20-25(4)14-15-27(6)28(7)17-16-26(5)24(2)3/h13,20,22,24-28,30-31H,1,8,14-19,21,23H2,2-7,9-12H3/b22-20+/t25-,26-,27-,28+,30+,31+,33+/m1/s1. The topological polar surface area (TPSA) is 0 Å². The minimum atomic E-state index is 0.0806. The molecule has 0 heterocycles. The van der Waals surface area contributed by atoms with Crippen molar-refractivity contribution in [3.05, 3.63) is 37.0 Å². The van der Waals surface area contributed by atoms with Crippen molar-refractivity contribution in [3.8, 4) is 0 Å². The first-order valence-electron chi connectivity index (χ1n) is 14.2. The monoisotopic (exact) mass is 456 g/mol. The lowest BCUT2D eigenvalue weighted by molar-refractivity contribution is 0.100. The molecule has 0 aromatic carbocycles. The molecule has 0 aromatic rings. The highest BCUT2D eigenvalue weighted by atomic mass is 14.4. The molecule has 192 valence electrons. The summed E-state index contributed by atoms with van der Waals surface area (Å²) in [5, 5.41) is 0. The van der Waals surface area contributed by atoms with E-state index < -0.39 is 0 Å². The molecule has 0 unspecified atom stereocenters. The van der Waals surface area contributed by atoms with E-state index in [4.69, 9.17) is 0 Å². The average molecular weight is 457 g/mol. The molecule has 1 rings (SSSR count). The Morgan fingerprint density at radius 3 is 2.06 bits per heavy atom. The van der Waals surface area contributed by atoms with Gasteiger partial charge in [-0.2, -0.15) is 0 Å². The van der Waals surface area contributed by atoms with E-state index >= 15 is 0 Å². The van der Waals surface area contributed by atoms with Crippen LogP contribution in [0.5, 0.6) is 0 Å². The molecule has 7 atom stereocenters.